The van der Waals surface area contributed by atoms with Crippen molar-refractivity contribution in [2.75, 3.05) is 11.4 Å². The van der Waals surface area contributed by atoms with Crippen molar-refractivity contribution in [3.63, 3.8) is 0 Å². The van der Waals surface area contributed by atoms with Crippen molar-refractivity contribution in [3.05, 3.63) is 23.4 Å². The Bertz CT molecular complexity index is 378. The quantitative estimate of drug-likeness (QED) is 0.829. The van der Waals surface area contributed by atoms with Crippen LogP contribution in [0, 0.1) is 12.8 Å². The molecule has 2 unspecified atom stereocenters. The maximum Gasteiger partial charge on any atom is 0.129 e. The summed E-state index contributed by atoms with van der Waals surface area (Å²) in [5, 5.41) is 9.20. The van der Waals surface area contributed by atoms with Gasteiger partial charge in [0.2, 0.25) is 0 Å². The first-order chi connectivity index (χ1) is 7.60. The monoisotopic (exact) mass is 220 g/mol. The lowest BCUT2D eigenvalue weighted by Gasteiger charge is -2.23. The number of aliphatic hydroxyl groups is 1. The highest BCUT2D eigenvalue weighted by molar-refractivity contribution is 5.44. The van der Waals surface area contributed by atoms with Crippen LogP contribution in [0.5, 0.6) is 0 Å². The van der Waals surface area contributed by atoms with Gasteiger partial charge in [0.1, 0.15) is 5.82 Å². The Kier molecular flexibility index (Phi) is 3.15. The lowest BCUT2D eigenvalue weighted by atomic mass is 10.1. The molecule has 88 valence electrons. The summed E-state index contributed by atoms with van der Waals surface area (Å²) in [6.45, 7) is 7.66. The Morgan fingerprint density at radius 2 is 2.19 bits per heavy atom. The van der Waals surface area contributed by atoms with Gasteiger partial charge in [-0.15, -0.1) is 0 Å². The van der Waals surface area contributed by atoms with Gasteiger partial charge in [-0.2, -0.15) is 0 Å². The normalized spacial score (nSPS) is 25.1. The van der Waals surface area contributed by atoms with Crippen LogP contribution in [-0.4, -0.2) is 22.7 Å². The molecule has 2 rings (SSSR count). The van der Waals surface area contributed by atoms with Crippen LogP contribution in [0.15, 0.2) is 12.1 Å². The van der Waals surface area contributed by atoms with Gasteiger partial charge in [-0.3, -0.25) is 0 Å². The van der Waals surface area contributed by atoms with Gasteiger partial charge in [0, 0.05) is 18.3 Å². The molecule has 0 aliphatic carbocycles. The molecule has 1 N–H and O–H groups in total. The molecule has 2 heterocycles. The van der Waals surface area contributed by atoms with Gasteiger partial charge < -0.3 is 10.0 Å². The Morgan fingerprint density at radius 3 is 2.75 bits per heavy atom. The second kappa shape index (κ2) is 4.42. The summed E-state index contributed by atoms with van der Waals surface area (Å²) in [4.78, 5) is 6.91. The Morgan fingerprint density at radius 1 is 1.44 bits per heavy atom. The molecule has 1 aromatic rings. The van der Waals surface area contributed by atoms with Gasteiger partial charge in [-0.1, -0.05) is 6.92 Å². The summed E-state index contributed by atoms with van der Waals surface area (Å²) < 4.78 is 0. The zero-order valence-corrected chi connectivity index (χ0v) is 10.3. The number of aryl methyl sites for hydroxylation is 1. The van der Waals surface area contributed by atoms with Crippen LogP contribution < -0.4 is 4.90 Å². The van der Waals surface area contributed by atoms with E-state index in [1.54, 1.807) is 0 Å². The zero-order chi connectivity index (χ0) is 11.7. The van der Waals surface area contributed by atoms with E-state index in [1.807, 2.05) is 19.1 Å². The molecule has 0 amide bonds. The highest BCUT2D eigenvalue weighted by atomic mass is 16.3. The van der Waals surface area contributed by atoms with Gasteiger partial charge >= 0.3 is 0 Å². The number of hydrogen-bond donors (Lipinski definition) is 1. The van der Waals surface area contributed by atoms with Crippen molar-refractivity contribution in [1.29, 1.82) is 0 Å². The fourth-order valence-electron chi connectivity index (χ4n) is 2.58. The summed E-state index contributed by atoms with van der Waals surface area (Å²) in [6, 6.07) is 4.49. The van der Waals surface area contributed by atoms with Crippen LogP contribution in [0.25, 0.3) is 0 Å². The Hall–Kier alpha value is -1.09. The molecule has 0 radical (unpaired) electrons. The first-order valence-electron chi connectivity index (χ1n) is 5.95. The summed E-state index contributed by atoms with van der Waals surface area (Å²) >= 11 is 0. The van der Waals surface area contributed by atoms with Crippen LogP contribution in [0.4, 0.5) is 5.82 Å². The van der Waals surface area contributed by atoms with Crippen molar-refractivity contribution in [1.82, 2.24) is 4.98 Å². The minimum Gasteiger partial charge on any atom is -0.392 e. The predicted octanol–water partition coefficient (Wildman–Crippen LogP) is 2.12. The average molecular weight is 220 g/mol. The van der Waals surface area contributed by atoms with Crippen molar-refractivity contribution in [2.24, 2.45) is 5.92 Å². The Labute approximate surface area is 97.1 Å². The molecule has 3 nitrogen and oxygen atoms in total. The van der Waals surface area contributed by atoms with E-state index in [2.05, 4.69) is 23.7 Å². The lowest BCUT2D eigenvalue weighted by molar-refractivity contribution is 0.281. The van der Waals surface area contributed by atoms with E-state index in [0.29, 0.717) is 6.04 Å². The largest absolute Gasteiger partial charge is 0.392 e. The minimum atomic E-state index is 0.0914. The number of pyridine rings is 1. The van der Waals surface area contributed by atoms with Crippen molar-refractivity contribution in [3.8, 4) is 0 Å². The number of anilines is 1. The minimum absolute atomic E-state index is 0.0914. The molecular formula is C13H20N2O. The van der Waals surface area contributed by atoms with Crippen LogP contribution >= 0.6 is 0 Å². The van der Waals surface area contributed by atoms with Crippen LogP contribution in [-0.2, 0) is 6.61 Å². The van der Waals surface area contributed by atoms with Crippen LogP contribution in [0.3, 0.4) is 0 Å². The zero-order valence-electron chi connectivity index (χ0n) is 10.3. The molecule has 16 heavy (non-hydrogen) atoms. The average Bonchev–Trinajstić information content (AvgIpc) is 2.57. The first kappa shape index (κ1) is 11.4. The topological polar surface area (TPSA) is 36.4 Å². The first-order valence-corrected chi connectivity index (χ1v) is 5.95. The molecule has 2 atom stereocenters. The van der Waals surface area contributed by atoms with Gasteiger partial charge in [-0.25, -0.2) is 4.98 Å². The predicted molar refractivity (Wildman–Crippen MR) is 65.5 cm³/mol. The van der Waals surface area contributed by atoms with E-state index in [1.165, 1.54) is 6.42 Å². The van der Waals surface area contributed by atoms with Crippen LogP contribution in [0.2, 0.25) is 0 Å². The molecule has 1 aromatic heterocycles. The molecule has 1 fully saturated rings. The third-order valence-corrected chi connectivity index (χ3v) is 3.26. The fourth-order valence-corrected chi connectivity index (χ4v) is 2.58. The third kappa shape index (κ3) is 2.19. The van der Waals surface area contributed by atoms with E-state index < -0.39 is 0 Å². The molecule has 0 saturated carbocycles. The summed E-state index contributed by atoms with van der Waals surface area (Å²) in [6.07, 6.45) is 1.23. The number of hydrogen-bond acceptors (Lipinski definition) is 3. The van der Waals surface area contributed by atoms with E-state index >= 15 is 0 Å². The van der Waals surface area contributed by atoms with E-state index in [0.717, 1.165) is 29.5 Å². The molecular weight excluding hydrogens is 200 g/mol. The molecule has 1 aliphatic rings. The Balaban J connectivity index is 2.29. The highest BCUT2D eigenvalue weighted by Gasteiger charge is 2.27. The molecule has 0 bridgehead atoms. The molecule has 0 spiro atoms. The standard InChI is InChI=1S/C13H20N2O/c1-9-4-11(3)15(7-9)13-6-12(8-16)5-10(2)14-13/h5-6,9,11,16H,4,7-8H2,1-3H3. The summed E-state index contributed by atoms with van der Waals surface area (Å²) in [5.41, 5.74) is 1.93. The van der Waals surface area contributed by atoms with Gasteiger partial charge in [0.25, 0.3) is 0 Å². The number of aliphatic hydroxyl groups excluding tert-OH is 1. The fraction of sp³-hybridized carbons (Fsp3) is 0.615. The van der Waals surface area contributed by atoms with Crippen molar-refractivity contribution < 1.29 is 5.11 Å². The molecule has 0 aromatic carbocycles. The van der Waals surface area contributed by atoms with Crippen molar-refractivity contribution in [2.45, 2.75) is 39.8 Å². The highest BCUT2D eigenvalue weighted by Crippen LogP contribution is 2.28. The number of nitrogens with zero attached hydrogens (tertiary/aromatic N) is 2. The number of aromatic nitrogens is 1. The van der Waals surface area contributed by atoms with Crippen LogP contribution in [0.1, 0.15) is 31.5 Å². The lowest BCUT2D eigenvalue weighted by Crippen LogP contribution is -2.27. The van der Waals surface area contributed by atoms with E-state index in [-0.39, 0.29) is 6.61 Å². The summed E-state index contributed by atoms with van der Waals surface area (Å²) in [7, 11) is 0. The maximum absolute atomic E-state index is 9.20. The van der Waals surface area contributed by atoms with Crippen molar-refractivity contribution >= 4 is 5.82 Å². The molecule has 1 aliphatic heterocycles. The number of rotatable bonds is 2. The van der Waals surface area contributed by atoms with Gasteiger partial charge in [0.05, 0.1) is 6.61 Å². The smallest absolute Gasteiger partial charge is 0.129 e. The van der Waals surface area contributed by atoms with Gasteiger partial charge in [0.15, 0.2) is 0 Å². The van der Waals surface area contributed by atoms with Gasteiger partial charge in [-0.05, 0) is 43.9 Å². The third-order valence-electron chi connectivity index (χ3n) is 3.26. The second-order valence-electron chi connectivity index (χ2n) is 4.98. The van der Waals surface area contributed by atoms with E-state index in [9.17, 15) is 5.11 Å². The molecule has 3 heteroatoms. The summed E-state index contributed by atoms with van der Waals surface area (Å²) in [5.74, 6) is 1.75. The maximum atomic E-state index is 9.20. The SMILES string of the molecule is Cc1cc(CO)cc(N2CC(C)CC2C)n1. The van der Waals surface area contributed by atoms with E-state index in [4.69, 9.17) is 0 Å². The second-order valence-corrected chi connectivity index (χ2v) is 4.98. The molecule has 1 saturated heterocycles.